The first-order valence-electron chi connectivity index (χ1n) is 14.1. The molecular formula is C31H33ClFNO10S. The number of ether oxygens (including phenoxy) is 4. The van der Waals surface area contributed by atoms with Crippen molar-refractivity contribution in [3.05, 3.63) is 45.0 Å². The lowest BCUT2D eigenvalue weighted by molar-refractivity contribution is -0.145. The number of carboxylic acids is 2. The number of Topliss-reactive ketones (excluding diaryl/α,β-unsaturated/α-hetero) is 1. The van der Waals surface area contributed by atoms with Gasteiger partial charge in [-0.15, -0.1) is 11.3 Å². The van der Waals surface area contributed by atoms with Crippen LogP contribution in [0.3, 0.4) is 0 Å². The van der Waals surface area contributed by atoms with Gasteiger partial charge in [-0.3, -0.25) is 19.2 Å². The summed E-state index contributed by atoms with van der Waals surface area (Å²) in [6.07, 6.45) is -0.0153. The zero-order valence-electron chi connectivity index (χ0n) is 25.1. The van der Waals surface area contributed by atoms with Crippen LogP contribution in [0.5, 0.6) is 23.0 Å². The second-order valence-corrected chi connectivity index (χ2v) is 12.2. The minimum absolute atomic E-state index is 0.00887. The summed E-state index contributed by atoms with van der Waals surface area (Å²) in [6.45, 7) is 3.20. The fourth-order valence-corrected chi connectivity index (χ4v) is 6.21. The minimum atomic E-state index is -1.08. The van der Waals surface area contributed by atoms with Crippen LogP contribution in [0, 0.1) is 17.7 Å². The van der Waals surface area contributed by atoms with Crippen molar-refractivity contribution in [3.8, 4) is 23.0 Å². The van der Waals surface area contributed by atoms with Crippen molar-refractivity contribution in [1.29, 1.82) is 0 Å². The molecule has 14 heteroatoms. The average molecular weight is 666 g/mol. The number of carbonyl (C=O) groups excluding carboxylic acids is 2. The van der Waals surface area contributed by atoms with E-state index in [4.69, 9.17) is 40.8 Å². The molecule has 2 atom stereocenters. The van der Waals surface area contributed by atoms with Crippen LogP contribution < -0.4 is 18.9 Å². The molecule has 1 aliphatic rings. The predicted octanol–water partition coefficient (Wildman–Crippen LogP) is 5.81. The molecule has 0 aliphatic carbocycles. The highest BCUT2D eigenvalue weighted by Crippen LogP contribution is 2.44. The van der Waals surface area contributed by atoms with Gasteiger partial charge in [0.1, 0.15) is 0 Å². The van der Waals surface area contributed by atoms with E-state index in [1.807, 2.05) is 0 Å². The maximum Gasteiger partial charge on any atom is 0.306 e. The van der Waals surface area contributed by atoms with Crippen molar-refractivity contribution in [1.82, 2.24) is 4.90 Å². The molecular weight excluding hydrogens is 633 g/mol. The quantitative estimate of drug-likeness (QED) is 0.151. The van der Waals surface area contributed by atoms with Crippen LogP contribution in [0.25, 0.3) is 10.1 Å². The molecule has 3 aromatic rings. The van der Waals surface area contributed by atoms with Gasteiger partial charge >= 0.3 is 11.9 Å². The maximum absolute atomic E-state index is 15.5. The zero-order valence-corrected chi connectivity index (χ0v) is 26.7. The number of methoxy groups -OCH3 is 2. The number of hydrogen-bond acceptors (Lipinski definition) is 9. The predicted molar refractivity (Wildman–Crippen MR) is 163 cm³/mol. The first kappa shape index (κ1) is 33.8. The second kappa shape index (κ2) is 14.3. The summed E-state index contributed by atoms with van der Waals surface area (Å²) >= 11 is 7.83. The van der Waals surface area contributed by atoms with E-state index >= 15 is 4.39 Å². The van der Waals surface area contributed by atoms with Crippen LogP contribution in [0.1, 0.15) is 53.9 Å². The van der Waals surface area contributed by atoms with Gasteiger partial charge in [0.05, 0.1) is 49.2 Å². The molecule has 0 unspecified atom stereocenters. The molecule has 0 radical (unpaired) electrons. The van der Waals surface area contributed by atoms with Gasteiger partial charge in [-0.2, -0.15) is 0 Å². The Balaban J connectivity index is 1.40. The molecule has 1 amide bonds. The normalized spacial score (nSPS) is 13.7. The number of aliphatic carboxylic acids is 2. The van der Waals surface area contributed by atoms with Crippen molar-refractivity contribution < 1.29 is 52.7 Å². The van der Waals surface area contributed by atoms with Crippen molar-refractivity contribution in [2.24, 2.45) is 11.8 Å². The molecule has 2 aromatic carbocycles. The summed E-state index contributed by atoms with van der Waals surface area (Å²) in [5.74, 6) is -4.49. The van der Waals surface area contributed by atoms with E-state index in [1.165, 1.54) is 44.3 Å². The van der Waals surface area contributed by atoms with Crippen molar-refractivity contribution in [2.45, 2.75) is 46.2 Å². The van der Waals surface area contributed by atoms with E-state index in [-0.39, 0.29) is 78.7 Å². The Morgan fingerprint density at radius 1 is 0.933 bits per heavy atom. The Morgan fingerprint density at radius 2 is 1.53 bits per heavy atom. The fraction of sp³-hybridized carbons (Fsp3) is 0.419. The van der Waals surface area contributed by atoms with E-state index < -0.39 is 29.6 Å². The van der Waals surface area contributed by atoms with E-state index in [2.05, 4.69) is 0 Å². The van der Waals surface area contributed by atoms with Gasteiger partial charge in [0, 0.05) is 54.1 Å². The monoisotopic (exact) mass is 665 g/mol. The molecule has 0 saturated carbocycles. The largest absolute Gasteiger partial charge is 0.493 e. The van der Waals surface area contributed by atoms with Crippen LogP contribution in [0.4, 0.5) is 4.39 Å². The molecule has 0 bridgehead atoms. The van der Waals surface area contributed by atoms with Crippen molar-refractivity contribution >= 4 is 56.7 Å². The van der Waals surface area contributed by atoms with Gasteiger partial charge in [0.25, 0.3) is 0 Å². The fourth-order valence-electron chi connectivity index (χ4n) is 4.80. The Kier molecular flexibility index (Phi) is 10.8. The summed E-state index contributed by atoms with van der Waals surface area (Å²) < 4.78 is 38.7. The molecule has 0 spiro atoms. The number of carbonyl (C=O) groups is 4. The SMILES string of the molecule is COc1cc2c(c(F)c1OCCCOc1c(OC)cc3sc(C(=O)C[C@H](C)C(=O)O)cc3c1Cl)CN(C(=O)C[C@H](C)C(=O)O)C2. The third kappa shape index (κ3) is 7.42. The van der Waals surface area contributed by atoms with E-state index in [0.29, 0.717) is 32.7 Å². The Bertz CT molecular complexity index is 1640. The lowest BCUT2D eigenvalue weighted by atomic mass is 10.0. The molecule has 11 nitrogen and oxygen atoms in total. The molecule has 1 aromatic heterocycles. The topological polar surface area (TPSA) is 149 Å². The van der Waals surface area contributed by atoms with Gasteiger partial charge in [-0.25, -0.2) is 4.39 Å². The highest BCUT2D eigenvalue weighted by atomic mass is 35.5. The number of nitrogens with zero attached hydrogens (tertiary/aromatic N) is 1. The molecule has 242 valence electrons. The number of benzene rings is 2. The molecule has 1 aliphatic heterocycles. The van der Waals surface area contributed by atoms with E-state index in [9.17, 15) is 19.2 Å². The van der Waals surface area contributed by atoms with Crippen LogP contribution in [-0.4, -0.2) is 66.2 Å². The third-order valence-electron chi connectivity index (χ3n) is 7.44. The summed E-state index contributed by atoms with van der Waals surface area (Å²) in [6, 6.07) is 4.91. The van der Waals surface area contributed by atoms with Gasteiger partial charge in [-0.05, 0) is 17.7 Å². The summed E-state index contributed by atoms with van der Waals surface area (Å²) in [5, 5.41) is 19.0. The first-order valence-corrected chi connectivity index (χ1v) is 15.3. The molecule has 4 rings (SSSR count). The number of ketones is 1. The van der Waals surface area contributed by atoms with Crippen LogP contribution in [-0.2, 0) is 27.5 Å². The molecule has 0 saturated heterocycles. The van der Waals surface area contributed by atoms with Crippen LogP contribution in [0.2, 0.25) is 5.02 Å². The standard InChI is InChI=1S/C31H33ClFNO10S/c1-15(30(37)38)8-20(35)24-11-18-23(45-24)12-22(42-4)28(26(18)32)43-6-5-7-44-29-21(41-3)10-17-13-34(14-19(17)27(29)33)25(36)9-16(2)31(39)40/h10-12,15-16H,5-9,13-14H2,1-4H3,(H,37,38)(H,39,40)/t15-,16-/m0/s1. The number of hydrogen-bond donors (Lipinski definition) is 2. The Morgan fingerprint density at radius 3 is 2.16 bits per heavy atom. The summed E-state index contributed by atoms with van der Waals surface area (Å²) in [4.78, 5) is 49.3. The molecule has 45 heavy (non-hydrogen) atoms. The van der Waals surface area contributed by atoms with E-state index in [0.717, 1.165) is 0 Å². The van der Waals surface area contributed by atoms with Gasteiger partial charge < -0.3 is 34.1 Å². The summed E-state index contributed by atoms with van der Waals surface area (Å²) in [7, 11) is 2.83. The van der Waals surface area contributed by atoms with E-state index in [1.54, 1.807) is 18.2 Å². The minimum Gasteiger partial charge on any atom is -0.493 e. The number of carboxylic acid groups (broad SMARTS) is 2. The Hall–Kier alpha value is -4.10. The third-order valence-corrected chi connectivity index (χ3v) is 8.94. The summed E-state index contributed by atoms with van der Waals surface area (Å²) in [5.41, 5.74) is 0.845. The highest BCUT2D eigenvalue weighted by Gasteiger charge is 2.31. The molecule has 2 N–H and O–H groups in total. The number of amides is 1. The van der Waals surface area contributed by atoms with Crippen LogP contribution in [0.15, 0.2) is 18.2 Å². The van der Waals surface area contributed by atoms with Crippen molar-refractivity contribution in [3.63, 3.8) is 0 Å². The number of rotatable bonds is 15. The highest BCUT2D eigenvalue weighted by molar-refractivity contribution is 7.21. The van der Waals surface area contributed by atoms with Crippen LogP contribution >= 0.6 is 22.9 Å². The van der Waals surface area contributed by atoms with Crippen molar-refractivity contribution in [2.75, 3.05) is 27.4 Å². The maximum atomic E-state index is 15.5. The average Bonchev–Trinajstić information content (AvgIpc) is 3.63. The lowest BCUT2D eigenvalue weighted by Crippen LogP contribution is -2.28. The molecule has 2 heterocycles. The Labute approximate surface area is 267 Å². The second-order valence-electron chi connectivity index (χ2n) is 10.7. The van der Waals surface area contributed by atoms with Gasteiger partial charge in [0.15, 0.2) is 34.6 Å². The number of thiophene rings is 1. The zero-order chi connectivity index (χ0) is 33.0. The molecule has 0 fully saturated rings. The van der Waals surface area contributed by atoms with Gasteiger partial charge in [0.2, 0.25) is 5.91 Å². The van der Waals surface area contributed by atoms with Gasteiger partial charge in [-0.1, -0.05) is 25.4 Å². The number of fused-ring (bicyclic) bond motifs is 2. The number of halogens is 2. The lowest BCUT2D eigenvalue weighted by Gasteiger charge is -2.16. The first-order chi connectivity index (χ1) is 21.4. The smallest absolute Gasteiger partial charge is 0.306 e.